The van der Waals surface area contributed by atoms with Gasteiger partial charge in [0.25, 0.3) is 5.91 Å². The first-order chi connectivity index (χ1) is 13.1. The Labute approximate surface area is 158 Å². The van der Waals surface area contributed by atoms with E-state index in [2.05, 4.69) is 9.88 Å². The molecule has 0 aliphatic carbocycles. The number of nitrogens with zero attached hydrogens (tertiary/aromatic N) is 2. The number of hydrogen-bond acceptors (Lipinski definition) is 5. The standard InChI is InChI=1S/C20H25N3O4/c1-15(24)16-13-19(21-14-16)20(25)23-9-7-22(8-10-23)11-12-27-18-5-3-17(26-2)4-6-18/h3-6,13-14,21H,7-12H2,1-2H3. The van der Waals surface area contributed by atoms with Crippen LogP contribution in [0.5, 0.6) is 11.5 Å². The predicted molar refractivity (Wildman–Crippen MR) is 102 cm³/mol. The molecule has 1 saturated heterocycles. The van der Waals surface area contributed by atoms with Crippen LogP contribution in [0.25, 0.3) is 0 Å². The first-order valence-electron chi connectivity index (χ1n) is 9.04. The van der Waals surface area contributed by atoms with Gasteiger partial charge in [0.1, 0.15) is 23.8 Å². The van der Waals surface area contributed by atoms with E-state index < -0.39 is 0 Å². The Morgan fingerprint density at radius 1 is 1.07 bits per heavy atom. The molecule has 1 aromatic heterocycles. The second-order valence-corrected chi connectivity index (χ2v) is 6.52. The zero-order valence-electron chi connectivity index (χ0n) is 15.7. The summed E-state index contributed by atoms with van der Waals surface area (Å²) in [6, 6.07) is 9.15. The molecule has 0 saturated carbocycles. The lowest BCUT2D eigenvalue weighted by atomic mass is 10.2. The number of carbonyl (C=O) groups excluding carboxylic acids is 2. The fourth-order valence-electron chi connectivity index (χ4n) is 3.03. The molecule has 7 heteroatoms. The number of hydrogen-bond donors (Lipinski definition) is 1. The van der Waals surface area contributed by atoms with Crippen LogP contribution >= 0.6 is 0 Å². The molecule has 0 spiro atoms. The van der Waals surface area contributed by atoms with Gasteiger partial charge in [0.15, 0.2) is 5.78 Å². The van der Waals surface area contributed by atoms with E-state index in [1.54, 1.807) is 19.4 Å². The zero-order chi connectivity index (χ0) is 19.2. The van der Waals surface area contributed by atoms with Crippen molar-refractivity contribution in [3.63, 3.8) is 0 Å². The lowest BCUT2D eigenvalue weighted by molar-refractivity contribution is 0.0615. The average Bonchev–Trinajstić information content (AvgIpc) is 3.19. The van der Waals surface area contributed by atoms with Gasteiger partial charge in [-0.2, -0.15) is 0 Å². The Bertz CT molecular complexity index is 777. The molecule has 1 aromatic carbocycles. The summed E-state index contributed by atoms with van der Waals surface area (Å²) >= 11 is 0. The normalized spacial score (nSPS) is 14.8. The van der Waals surface area contributed by atoms with Crippen molar-refractivity contribution in [3.8, 4) is 11.5 Å². The van der Waals surface area contributed by atoms with Gasteiger partial charge in [-0.25, -0.2) is 0 Å². The number of carbonyl (C=O) groups is 2. The fourth-order valence-corrected chi connectivity index (χ4v) is 3.03. The van der Waals surface area contributed by atoms with Gasteiger partial charge in [0.05, 0.1) is 7.11 Å². The minimum absolute atomic E-state index is 0.0491. The second kappa shape index (κ2) is 8.73. The van der Waals surface area contributed by atoms with E-state index in [0.717, 1.165) is 31.1 Å². The summed E-state index contributed by atoms with van der Waals surface area (Å²) < 4.78 is 10.9. The van der Waals surface area contributed by atoms with Crippen LogP contribution in [0.15, 0.2) is 36.5 Å². The van der Waals surface area contributed by atoms with Gasteiger partial charge in [0, 0.05) is 44.5 Å². The number of aromatic nitrogens is 1. The molecular weight excluding hydrogens is 346 g/mol. The molecule has 1 aliphatic heterocycles. The van der Waals surface area contributed by atoms with Gasteiger partial charge < -0.3 is 19.4 Å². The molecule has 1 amide bonds. The van der Waals surface area contributed by atoms with E-state index in [-0.39, 0.29) is 11.7 Å². The number of Topliss-reactive ketones (excluding diaryl/α,β-unsaturated/α-hetero) is 1. The molecule has 3 rings (SSSR count). The maximum atomic E-state index is 12.5. The summed E-state index contributed by atoms with van der Waals surface area (Å²) in [5, 5.41) is 0. The first-order valence-corrected chi connectivity index (χ1v) is 9.04. The summed E-state index contributed by atoms with van der Waals surface area (Å²) in [4.78, 5) is 30.9. The van der Waals surface area contributed by atoms with E-state index in [4.69, 9.17) is 9.47 Å². The number of aromatic amines is 1. The Morgan fingerprint density at radius 3 is 2.33 bits per heavy atom. The van der Waals surface area contributed by atoms with Gasteiger partial charge in [0.2, 0.25) is 0 Å². The number of ketones is 1. The number of methoxy groups -OCH3 is 1. The maximum Gasteiger partial charge on any atom is 0.270 e. The third-order valence-corrected chi connectivity index (χ3v) is 4.72. The molecule has 0 bridgehead atoms. The van der Waals surface area contributed by atoms with Crippen LogP contribution in [-0.2, 0) is 0 Å². The maximum absolute atomic E-state index is 12.5. The SMILES string of the molecule is COc1ccc(OCCN2CCN(C(=O)c3cc(C(C)=O)c[nH]3)CC2)cc1. The third kappa shape index (κ3) is 4.89. The fraction of sp³-hybridized carbons (Fsp3) is 0.400. The van der Waals surface area contributed by atoms with Crippen LogP contribution in [0.3, 0.4) is 0 Å². The summed E-state index contributed by atoms with van der Waals surface area (Å²) in [5.74, 6) is 1.52. The molecular formula is C20H25N3O4. The van der Waals surface area contributed by atoms with Gasteiger partial charge >= 0.3 is 0 Å². The minimum Gasteiger partial charge on any atom is -0.497 e. The molecule has 7 nitrogen and oxygen atoms in total. The summed E-state index contributed by atoms with van der Waals surface area (Å²) in [5.41, 5.74) is 1.00. The Kier molecular flexibility index (Phi) is 6.13. The third-order valence-electron chi connectivity index (χ3n) is 4.72. The first kappa shape index (κ1) is 19.0. The molecule has 0 radical (unpaired) electrons. The molecule has 0 unspecified atom stereocenters. The van der Waals surface area contributed by atoms with Crippen LogP contribution in [-0.4, -0.2) is 72.9 Å². The highest BCUT2D eigenvalue weighted by Crippen LogP contribution is 2.17. The zero-order valence-corrected chi connectivity index (χ0v) is 15.7. The van der Waals surface area contributed by atoms with E-state index >= 15 is 0 Å². The number of nitrogens with one attached hydrogen (secondary N) is 1. The van der Waals surface area contributed by atoms with Crippen molar-refractivity contribution >= 4 is 11.7 Å². The van der Waals surface area contributed by atoms with E-state index in [1.807, 2.05) is 29.2 Å². The Balaban J connectivity index is 1.41. The number of piperazine rings is 1. The number of benzene rings is 1. The number of H-pyrrole nitrogens is 1. The van der Waals surface area contributed by atoms with Crippen LogP contribution in [0.4, 0.5) is 0 Å². The highest BCUT2D eigenvalue weighted by atomic mass is 16.5. The van der Waals surface area contributed by atoms with E-state index in [0.29, 0.717) is 31.0 Å². The van der Waals surface area contributed by atoms with Gasteiger partial charge in [-0.15, -0.1) is 0 Å². The van der Waals surface area contributed by atoms with Crippen LogP contribution < -0.4 is 9.47 Å². The molecule has 27 heavy (non-hydrogen) atoms. The topological polar surface area (TPSA) is 74.9 Å². The molecule has 1 aliphatic rings. The Morgan fingerprint density at radius 2 is 1.74 bits per heavy atom. The highest BCUT2D eigenvalue weighted by molar-refractivity contribution is 5.99. The summed E-state index contributed by atoms with van der Waals surface area (Å²) in [6.45, 7) is 5.83. The summed E-state index contributed by atoms with van der Waals surface area (Å²) in [7, 11) is 1.64. The highest BCUT2D eigenvalue weighted by Gasteiger charge is 2.23. The van der Waals surface area contributed by atoms with Crippen LogP contribution in [0.1, 0.15) is 27.8 Å². The van der Waals surface area contributed by atoms with Crippen molar-refractivity contribution in [2.24, 2.45) is 0 Å². The molecule has 144 valence electrons. The van der Waals surface area contributed by atoms with Crippen molar-refractivity contribution in [1.29, 1.82) is 0 Å². The van der Waals surface area contributed by atoms with Gasteiger partial charge in [-0.05, 0) is 37.3 Å². The van der Waals surface area contributed by atoms with Gasteiger partial charge in [-0.1, -0.05) is 0 Å². The number of rotatable bonds is 7. The number of amides is 1. The molecule has 0 atom stereocenters. The van der Waals surface area contributed by atoms with Crippen molar-refractivity contribution in [1.82, 2.24) is 14.8 Å². The quantitative estimate of drug-likeness (QED) is 0.754. The van der Waals surface area contributed by atoms with Crippen molar-refractivity contribution in [2.75, 3.05) is 46.4 Å². The largest absolute Gasteiger partial charge is 0.497 e. The van der Waals surface area contributed by atoms with Gasteiger partial charge in [-0.3, -0.25) is 14.5 Å². The lowest BCUT2D eigenvalue weighted by Gasteiger charge is -2.34. The molecule has 2 heterocycles. The molecule has 2 aromatic rings. The Hall–Kier alpha value is -2.80. The average molecular weight is 371 g/mol. The van der Waals surface area contributed by atoms with Crippen molar-refractivity contribution < 1.29 is 19.1 Å². The minimum atomic E-state index is -0.0587. The summed E-state index contributed by atoms with van der Waals surface area (Å²) in [6.07, 6.45) is 1.59. The molecule has 1 N–H and O–H groups in total. The van der Waals surface area contributed by atoms with Crippen molar-refractivity contribution in [2.45, 2.75) is 6.92 Å². The lowest BCUT2D eigenvalue weighted by Crippen LogP contribution is -2.49. The molecule has 1 fully saturated rings. The number of ether oxygens (including phenoxy) is 2. The van der Waals surface area contributed by atoms with E-state index in [9.17, 15) is 9.59 Å². The van der Waals surface area contributed by atoms with Crippen LogP contribution in [0.2, 0.25) is 0 Å². The van der Waals surface area contributed by atoms with Crippen molar-refractivity contribution in [3.05, 3.63) is 47.8 Å². The smallest absolute Gasteiger partial charge is 0.270 e. The monoisotopic (exact) mass is 371 g/mol. The van der Waals surface area contributed by atoms with E-state index in [1.165, 1.54) is 6.92 Å². The second-order valence-electron chi connectivity index (χ2n) is 6.52. The predicted octanol–water partition coefficient (Wildman–Crippen LogP) is 2.06. The van der Waals surface area contributed by atoms with Crippen LogP contribution in [0, 0.1) is 0 Å².